The van der Waals surface area contributed by atoms with Crippen molar-refractivity contribution in [1.82, 2.24) is 10.2 Å². The molecule has 0 aliphatic carbocycles. The number of amides is 1. The second kappa shape index (κ2) is 10.6. The molecule has 1 amide bonds. The van der Waals surface area contributed by atoms with E-state index in [2.05, 4.69) is 5.32 Å². The molecule has 7 heteroatoms. The third-order valence-corrected chi connectivity index (χ3v) is 5.01. The number of hydrogen-bond donors (Lipinski definition) is 1. The molecule has 2 aromatic rings. The average Bonchev–Trinajstić information content (AvgIpc) is 2.78. The molecule has 1 atom stereocenters. The molecule has 0 unspecified atom stereocenters. The number of carbonyl (C=O) groups is 2. The Morgan fingerprint density at radius 3 is 2.67 bits per heavy atom. The number of piperazine rings is 1. The summed E-state index contributed by atoms with van der Waals surface area (Å²) in [4.78, 5) is 25.6. The fourth-order valence-corrected chi connectivity index (χ4v) is 3.31. The second-order valence-corrected chi connectivity index (χ2v) is 7.20. The molecule has 1 aliphatic heterocycles. The molecule has 1 N–H and O–H groups in total. The lowest BCUT2D eigenvalue weighted by molar-refractivity contribution is 0.0826. The third-order valence-electron chi connectivity index (χ3n) is 5.01. The van der Waals surface area contributed by atoms with Gasteiger partial charge in [0.15, 0.2) is 17.3 Å². The predicted molar refractivity (Wildman–Crippen MR) is 113 cm³/mol. The molecule has 1 fully saturated rings. The first-order chi connectivity index (χ1) is 14.6. The highest BCUT2D eigenvalue weighted by Crippen LogP contribution is 2.28. The molecule has 0 radical (unpaired) electrons. The standard InChI is InChI=1S/C23H28N2O5/c1-17(26)19-8-9-21(22(14-19)28-2)29-13-10-20-15-25(12-11-24-20)23(27)30-16-18-6-4-3-5-7-18/h3-9,14,20,24H,10-13,15-16H2,1-2H3/t20-/m1/s1. The summed E-state index contributed by atoms with van der Waals surface area (Å²) in [5, 5.41) is 3.41. The zero-order valence-electron chi connectivity index (χ0n) is 17.4. The van der Waals surface area contributed by atoms with Gasteiger partial charge in [-0.2, -0.15) is 0 Å². The Hall–Kier alpha value is -3.06. The number of hydrogen-bond acceptors (Lipinski definition) is 6. The lowest BCUT2D eigenvalue weighted by Gasteiger charge is -2.33. The maximum atomic E-state index is 12.4. The summed E-state index contributed by atoms with van der Waals surface area (Å²) in [5.74, 6) is 1.10. The van der Waals surface area contributed by atoms with Crippen molar-refractivity contribution in [3.63, 3.8) is 0 Å². The summed E-state index contributed by atoms with van der Waals surface area (Å²) in [7, 11) is 1.55. The molecule has 0 aromatic heterocycles. The summed E-state index contributed by atoms with van der Waals surface area (Å²) in [5.41, 5.74) is 1.55. The quantitative estimate of drug-likeness (QED) is 0.671. The summed E-state index contributed by atoms with van der Waals surface area (Å²) in [6.45, 7) is 4.14. The minimum Gasteiger partial charge on any atom is -0.493 e. The molecule has 1 saturated heterocycles. The van der Waals surface area contributed by atoms with Crippen LogP contribution in [-0.2, 0) is 11.3 Å². The van der Waals surface area contributed by atoms with Crippen LogP contribution in [0.4, 0.5) is 4.79 Å². The van der Waals surface area contributed by atoms with Gasteiger partial charge in [0, 0.05) is 31.2 Å². The van der Waals surface area contributed by atoms with Gasteiger partial charge in [-0.25, -0.2) is 4.79 Å². The SMILES string of the molecule is COc1cc(C(C)=O)ccc1OCC[C@@H]1CN(C(=O)OCc2ccccc2)CCN1. The average molecular weight is 412 g/mol. The van der Waals surface area contributed by atoms with Crippen LogP contribution >= 0.6 is 0 Å². The number of nitrogens with zero attached hydrogens (tertiary/aromatic N) is 1. The molecule has 160 valence electrons. The number of nitrogens with one attached hydrogen (secondary N) is 1. The second-order valence-electron chi connectivity index (χ2n) is 7.20. The van der Waals surface area contributed by atoms with E-state index in [-0.39, 0.29) is 24.5 Å². The van der Waals surface area contributed by atoms with Gasteiger partial charge in [0.1, 0.15) is 6.61 Å². The molecule has 1 heterocycles. The Morgan fingerprint density at radius 1 is 1.13 bits per heavy atom. The Kier molecular flexibility index (Phi) is 7.68. The zero-order chi connectivity index (χ0) is 21.3. The maximum absolute atomic E-state index is 12.4. The van der Waals surface area contributed by atoms with E-state index < -0.39 is 0 Å². The van der Waals surface area contributed by atoms with Gasteiger partial charge in [-0.3, -0.25) is 4.79 Å². The summed E-state index contributed by atoms with van der Waals surface area (Å²) >= 11 is 0. The van der Waals surface area contributed by atoms with Crippen molar-refractivity contribution < 1.29 is 23.8 Å². The van der Waals surface area contributed by atoms with Gasteiger partial charge in [0.2, 0.25) is 0 Å². The van der Waals surface area contributed by atoms with Gasteiger partial charge < -0.3 is 24.4 Å². The number of carbonyl (C=O) groups excluding carboxylic acids is 2. The van der Waals surface area contributed by atoms with Crippen LogP contribution < -0.4 is 14.8 Å². The van der Waals surface area contributed by atoms with Gasteiger partial charge in [-0.15, -0.1) is 0 Å². The Bertz CT molecular complexity index is 856. The molecule has 1 aliphatic rings. The minimum absolute atomic E-state index is 0.0227. The normalized spacial score (nSPS) is 16.1. The first-order valence-corrected chi connectivity index (χ1v) is 10.1. The van der Waals surface area contributed by atoms with Crippen molar-refractivity contribution in [3.05, 3.63) is 59.7 Å². The molecule has 3 rings (SSSR count). The van der Waals surface area contributed by atoms with Crippen molar-refractivity contribution in [3.8, 4) is 11.5 Å². The van der Waals surface area contributed by atoms with E-state index in [1.54, 1.807) is 30.2 Å². The Labute approximate surface area is 176 Å². The number of methoxy groups -OCH3 is 1. The molecule has 0 bridgehead atoms. The fourth-order valence-electron chi connectivity index (χ4n) is 3.31. The predicted octanol–water partition coefficient (Wildman–Crippen LogP) is 3.28. The zero-order valence-corrected chi connectivity index (χ0v) is 17.4. The topological polar surface area (TPSA) is 77.1 Å². The summed E-state index contributed by atoms with van der Waals surface area (Å²) in [6.07, 6.45) is 0.424. The fraction of sp³-hybridized carbons (Fsp3) is 0.391. The van der Waals surface area contributed by atoms with Gasteiger partial charge in [0.25, 0.3) is 0 Å². The first-order valence-electron chi connectivity index (χ1n) is 10.1. The van der Waals surface area contributed by atoms with E-state index in [4.69, 9.17) is 14.2 Å². The Balaban J connectivity index is 1.46. The summed E-state index contributed by atoms with van der Waals surface area (Å²) in [6, 6.07) is 14.9. The van der Waals surface area contributed by atoms with E-state index in [9.17, 15) is 9.59 Å². The van der Waals surface area contributed by atoms with Crippen LogP contribution in [0.25, 0.3) is 0 Å². The monoisotopic (exact) mass is 412 g/mol. The van der Waals surface area contributed by atoms with Crippen molar-refractivity contribution in [1.29, 1.82) is 0 Å². The molecule has 0 spiro atoms. The maximum Gasteiger partial charge on any atom is 0.410 e. The minimum atomic E-state index is -0.298. The van der Waals surface area contributed by atoms with Crippen LogP contribution in [0.2, 0.25) is 0 Å². The van der Waals surface area contributed by atoms with Crippen LogP contribution in [-0.4, -0.2) is 56.2 Å². The number of rotatable bonds is 8. The van der Waals surface area contributed by atoms with E-state index in [1.165, 1.54) is 6.92 Å². The highest BCUT2D eigenvalue weighted by molar-refractivity contribution is 5.94. The summed E-state index contributed by atoms with van der Waals surface area (Å²) < 4.78 is 16.6. The molecule has 0 saturated carbocycles. The van der Waals surface area contributed by atoms with E-state index in [1.807, 2.05) is 30.3 Å². The van der Waals surface area contributed by atoms with E-state index in [0.29, 0.717) is 43.3 Å². The van der Waals surface area contributed by atoms with Crippen molar-refractivity contribution in [2.75, 3.05) is 33.4 Å². The van der Waals surface area contributed by atoms with Crippen molar-refractivity contribution >= 4 is 11.9 Å². The van der Waals surface area contributed by atoms with Crippen LogP contribution in [0, 0.1) is 0 Å². The number of ether oxygens (including phenoxy) is 3. The molecular weight excluding hydrogens is 384 g/mol. The molecule has 30 heavy (non-hydrogen) atoms. The molecular formula is C23H28N2O5. The lowest BCUT2D eigenvalue weighted by Crippen LogP contribution is -2.53. The van der Waals surface area contributed by atoms with Crippen LogP contribution in [0.1, 0.15) is 29.3 Å². The first kappa shape index (κ1) is 21.6. The van der Waals surface area contributed by atoms with E-state index >= 15 is 0 Å². The number of benzene rings is 2. The molecule has 7 nitrogen and oxygen atoms in total. The van der Waals surface area contributed by atoms with Crippen LogP contribution in [0.15, 0.2) is 48.5 Å². The van der Waals surface area contributed by atoms with Gasteiger partial charge in [-0.1, -0.05) is 30.3 Å². The number of ketones is 1. The van der Waals surface area contributed by atoms with Crippen molar-refractivity contribution in [2.45, 2.75) is 26.0 Å². The van der Waals surface area contributed by atoms with Crippen molar-refractivity contribution in [2.24, 2.45) is 0 Å². The highest BCUT2D eigenvalue weighted by atomic mass is 16.6. The van der Waals surface area contributed by atoms with Crippen LogP contribution in [0.5, 0.6) is 11.5 Å². The Morgan fingerprint density at radius 2 is 1.93 bits per heavy atom. The van der Waals surface area contributed by atoms with Gasteiger partial charge >= 0.3 is 6.09 Å². The third kappa shape index (κ3) is 5.97. The van der Waals surface area contributed by atoms with Crippen LogP contribution in [0.3, 0.4) is 0 Å². The van der Waals surface area contributed by atoms with Gasteiger partial charge in [0.05, 0.1) is 13.7 Å². The highest BCUT2D eigenvalue weighted by Gasteiger charge is 2.24. The number of Topliss-reactive ketones (excluding diaryl/α,β-unsaturated/α-hetero) is 1. The smallest absolute Gasteiger partial charge is 0.410 e. The lowest BCUT2D eigenvalue weighted by atomic mass is 10.1. The van der Waals surface area contributed by atoms with E-state index in [0.717, 1.165) is 12.0 Å². The molecule has 2 aromatic carbocycles. The largest absolute Gasteiger partial charge is 0.493 e. The van der Waals surface area contributed by atoms with Gasteiger partial charge in [-0.05, 0) is 37.1 Å².